The number of aromatic nitrogens is 4. The molecule has 27 heavy (non-hydrogen) atoms. The average Bonchev–Trinajstić information content (AvgIpc) is 3.12. The van der Waals surface area contributed by atoms with Crippen LogP contribution in [0.15, 0.2) is 47.6 Å². The molecule has 2 aromatic carbocycles. The standard InChI is InChI=1S/C19H21N5O2S/c1-12-8-7-10-16(13(12)2)24-19(21-22-23-24)27-14(3)18(25)20-15-9-5-6-11-17(15)26-4/h5-11,14H,1-4H3,(H,20,25)/t14-/m1/s1. The molecule has 0 fully saturated rings. The maximum absolute atomic E-state index is 12.6. The number of benzene rings is 2. The van der Waals surface area contributed by atoms with E-state index in [2.05, 4.69) is 20.8 Å². The molecule has 0 saturated carbocycles. The lowest BCUT2D eigenvalue weighted by Gasteiger charge is -2.14. The first-order chi connectivity index (χ1) is 13.0. The molecule has 0 bridgehead atoms. The molecule has 8 heteroatoms. The molecule has 0 unspecified atom stereocenters. The summed E-state index contributed by atoms with van der Waals surface area (Å²) >= 11 is 1.30. The molecule has 7 nitrogen and oxygen atoms in total. The number of hydrogen-bond donors (Lipinski definition) is 1. The molecule has 1 aromatic heterocycles. The van der Waals surface area contributed by atoms with Crippen molar-refractivity contribution in [3.8, 4) is 11.4 Å². The van der Waals surface area contributed by atoms with Crippen molar-refractivity contribution in [1.82, 2.24) is 20.2 Å². The molecular weight excluding hydrogens is 362 g/mol. The van der Waals surface area contributed by atoms with E-state index in [1.807, 2.05) is 51.1 Å². The van der Waals surface area contributed by atoms with E-state index in [0.29, 0.717) is 16.6 Å². The minimum absolute atomic E-state index is 0.153. The van der Waals surface area contributed by atoms with Gasteiger partial charge in [0, 0.05) is 0 Å². The maximum atomic E-state index is 12.6. The molecule has 0 radical (unpaired) electrons. The second-order valence-corrected chi connectivity index (χ2v) is 7.35. The third-order valence-electron chi connectivity index (χ3n) is 4.26. The number of thioether (sulfide) groups is 1. The van der Waals surface area contributed by atoms with Crippen molar-refractivity contribution in [2.75, 3.05) is 12.4 Å². The molecule has 0 saturated heterocycles. The van der Waals surface area contributed by atoms with Crippen molar-refractivity contribution in [2.24, 2.45) is 0 Å². The monoisotopic (exact) mass is 383 g/mol. The molecule has 0 aliphatic rings. The topological polar surface area (TPSA) is 81.9 Å². The van der Waals surface area contributed by atoms with Gasteiger partial charge in [-0.1, -0.05) is 36.0 Å². The Labute approximate surface area is 162 Å². The predicted molar refractivity (Wildman–Crippen MR) is 106 cm³/mol. The molecular formula is C19H21N5O2S. The summed E-state index contributed by atoms with van der Waals surface area (Å²) in [6.45, 7) is 5.88. The van der Waals surface area contributed by atoms with Gasteiger partial charge in [0.05, 0.1) is 23.7 Å². The Morgan fingerprint density at radius 3 is 2.74 bits per heavy atom. The Hall–Kier alpha value is -2.87. The van der Waals surface area contributed by atoms with Crippen LogP contribution in [-0.2, 0) is 4.79 Å². The van der Waals surface area contributed by atoms with E-state index in [-0.39, 0.29) is 5.91 Å². The predicted octanol–water partition coefficient (Wildman–Crippen LogP) is 3.41. The zero-order chi connectivity index (χ0) is 19.4. The van der Waals surface area contributed by atoms with Crippen LogP contribution in [-0.4, -0.2) is 38.5 Å². The van der Waals surface area contributed by atoms with Crippen LogP contribution < -0.4 is 10.1 Å². The third kappa shape index (κ3) is 4.11. The second-order valence-electron chi connectivity index (χ2n) is 6.04. The lowest BCUT2D eigenvalue weighted by atomic mass is 10.1. The lowest BCUT2D eigenvalue weighted by molar-refractivity contribution is -0.115. The quantitative estimate of drug-likeness (QED) is 0.657. The van der Waals surface area contributed by atoms with Gasteiger partial charge in [-0.3, -0.25) is 4.79 Å². The second kappa shape index (κ2) is 8.22. The molecule has 1 N–H and O–H groups in total. The van der Waals surface area contributed by atoms with Crippen molar-refractivity contribution >= 4 is 23.4 Å². The minimum Gasteiger partial charge on any atom is -0.495 e. The van der Waals surface area contributed by atoms with E-state index < -0.39 is 5.25 Å². The molecule has 0 aliphatic carbocycles. The molecule has 1 amide bonds. The largest absolute Gasteiger partial charge is 0.495 e. The lowest BCUT2D eigenvalue weighted by Crippen LogP contribution is -2.23. The van der Waals surface area contributed by atoms with Gasteiger partial charge in [0.25, 0.3) is 0 Å². The summed E-state index contributed by atoms with van der Waals surface area (Å²) in [4.78, 5) is 12.6. The summed E-state index contributed by atoms with van der Waals surface area (Å²) in [7, 11) is 1.57. The van der Waals surface area contributed by atoms with Crippen molar-refractivity contribution in [3.63, 3.8) is 0 Å². The Balaban J connectivity index is 1.77. The highest BCUT2D eigenvalue weighted by molar-refractivity contribution is 8.00. The van der Waals surface area contributed by atoms with Crippen LogP contribution in [0, 0.1) is 13.8 Å². The number of amides is 1. The smallest absolute Gasteiger partial charge is 0.237 e. The minimum atomic E-state index is -0.398. The Morgan fingerprint density at radius 1 is 1.19 bits per heavy atom. The molecule has 140 valence electrons. The van der Waals surface area contributed by atoms with Crippen LogP contribution in [0.1, 0.15) is 18.1 Å². The Bertz CT molecular complexity index is 957. The Kier molecular flexibility index (Phi) is 5.75. The first-order valence-electron chi connectivity index (χ1n) is 8.46. The van der Waals surface area contributed by atoms with E-state index in [1.165, 1.54) is 11.8 Å². The molecule has 0 spiro atoms. The van der Waals surface area contributed by atoms with E-state index in [0.717, 1.165) is 16.8 Å². The van der Waals surface area contributed by atoms with Gasteiger partial charge in [0.1, 0.15) is 5.75 Å². The number of rotatable bonds is 6. The Morgan fingerprint density at radius 2 is 1.96 bits per heavy atom. The van der Waals surface area contributed by atoms with E-state index in [9.17, 15) is 4.79 Å². The number of para-hydroxylation sites is 2. The maximum Gasteiger partial charge on any atom is 0.237 e. The number of anilines is 1. The summed E-state index contributed by atoms with van der Waals surface area (Å²) < 4.78 is 6.94. The number of hydrogen-bond acceptors (Lipinski definition) is 6. The zero-order valence-electron chi connectivity index (χ0n) is 15.6. The van der Waals surface area contributed by atoms with Gasteiger partial charge in [-0.15, -0.1) is 5.10 Å². The van der Waals surface area contributed by atoms with Gasteiger partial charge in [0.2, 0.25) is 11.1 Å². The first kappa shape index (κ1) is 18.9. The highest BCUT2D eigenvalue weighted by Gasteiger charge is 2.21. The van der Waals surface area contributed by atoms with Gasteiger partial charge in [0.15, 0.2) is 0 Å². The first-order valence-corrected chi connectivity index (χ1v) is 9.34. The zero-order valence-corrected chi connectivity index (χ0v) is 16.4. The van der Waals surface area contributed by atoms with Crippen LogP contribution in [0.25, 0.3) is 5.69 Å². The average molecular weight is 383 g/mol. The number of methoxy groups -OCH3 is 1. The number of ether oxygens (including phenoxy) is 1. The van der Waals surface area contributed by atoms with Crippen LogP contribution in [0.4, 0.5) is 5.69 Å². The molecule has 1 atom stereocenters. The summed E-state index contributed by atoms with van der Waals surface area (Å²) in [5.41, 5.74) is 3.78. The summed E-state index contributed by atoms with van der Waals surface area (Å²) in [6, 6.07) is 13.3. The van der Waals surface area contributed by atoms with Crippen molar-refractivity contribution < 1.29 is 9.53 Å². The van der Waals surface area contributed by atoms with E-state index in [1.54, 1.807) is 23.9 Å². The molecule has 3 rings (SSSR count). The van der Waals surface area contributed by atoms with Crippen LogP contribution >= 0.6 is 11.8 Å². The SMILES string of the molecule is COc1ccccc1NC(=O)[C@@H](C)Sc1nnnn1-c1cccc(C)c1C. The summed E-state index contributed by atoms with van der Waals surface area (Å²) in [5, 5.41) is 15.0. The normalized spacial score (nSPS) is 11.9. The van der Waals surface area contributed by atoms with Crippen LogP contribution in [0.5, 0.6) is 5.75 Å². The van der Waals surface area contributed by atoms with E-state index >= 15 is 0 Å². The highest BCUT2D eigenvalue weighted by atomic mass is 32.2. The number of aryl methyl sites for hydroxylation is 1. The van der Waals surface area contributed by atoms with Crippen LogP contribution in [0.3, 0.4) is 0 Å². The van der Waals surface area contributed by atoms with Crippen molar-refractivity contribution in [1.29, 1.82) is 0 Å². The number of tetrazole rings is 1. The fraction of sp³-hybridized carbons (Fsp3) is 0.263. The van der Waals surface area contributed by atoms with Gasteiger partial charge in [-0.2, -0.15) is 4.68 Å². The van der Waals surface area contributed by atoms with E-state index in [4.69, 9.17) is 4.74 Å². The molecule has 1 heterocycles. The summed E-state index contributed by atoms with van der Waals surface area (Å²) in [5.74, 6) is 0.461. The number of carbonyl (C=O) groups is 1. The van der Waals surface area contributed by atoms with Gasteiger partial charge >= 0.3 is 0 Å². The third-order valence-corrected chi connectivity index (χ3v) is 5.29. The van der Waals surface area contributed by atoms with Crippen molar-refractivity contribution in [3.05, 3.63) is 53.6 Å². The number of nitrogens with one attached hydrogen (secondary N) is 1. The van der Waals surface area contributed by atoms with Gasteiger partial charge in [-0.05, 0) is 60.5 Å². The summed E-state index contributed by atoms with van der Waals surface area (Å²) in [6.07, 6.45) is 0. The van der Waals surface area contributed by atoms with Gasteiger partial charge in [-0.25, -0.2) is 0 Å². The van der Waals surface area contributed by atoms with Crippen LogP contribution in [0.2, 0.25) is 0 Å². The molecule has 0 aliphatic heterocycles. The molecule has 3 aromatic rings. The fourth-order valence-electron chi connectivity index (χ4n) is 2.56. The number of carbonyl (C=O) groups excluding carboxylic acids is 1. The fourth-order valence-corrected chi connectivity index (χ4v) is 3.36. The van der Waals surface area contributed by atoms with Crippen molar-refractivity contribution in [2.45, 2.75) is 31.2 Å². The van der Waals surface area contributed by atoms with Gasteiger partial charge < -0.3 is 10.1 Å². The highest BCUT2D eigenvalue weighted by Crippen LogP contribution is 2.28. The number of nitrogens with zero attached hydrogens (tertiary/aromatic N) is 4.